The highest BCUT2D eigenvalue weighted by Crippen LogP contribution is 2.29. The first-order valence-corrected chi connectivity index (χ1v) is 9.00. The number of hydrogen-bond acceptors (Lipinski definition) is 5. The summed E-state index contributed by atoms with van der Waals surface area (Å²) in [7, 11) is 0. The Labute approximate surface area is 160 Å². The molecule has 2 aromatic heterocycles. The van der Waals surface area contributed by atoms with Crippen molar-refractivity contribution in [3.8, 4) is 23.0 Å². The summed E-state index contributed by atoms with van der Waals surface area (Å²) in [6, 6.07) is 16.2. The Morgan fingerprint density at radius 2 is 1.86 bits per heavy atom. The van der Waals surface area contributed by atoms with E-state index >= 15 is 0 Å². The molecule has 1 aliphatic rings. The Balaban J connectivity index is 1.39. The lowest BCUT2D eigenvalue weighted by atomic mass is 10.1. The normalized spacial score (nSPS) is 16.1. The average molecular weight is 376 g/mol. The van der Waals surface area contributed by atoms with E-state index in [1.54, 1.807) is 12.1 Å². The zero-order valence-corrected chi connectivity index (χ0v) is 15.2. The second-order valence-electron chi connectivity index (χ2n) is 6.84. The summed E-state index contributed by atoms with van der Waals surface area (Å²) in [6.45, 7) is 2.98. The molecule has 140 valence electrons. The van der Waals surface area contributed by atoms with Crippen molar-refractivity contribution in [2.75, 3.05) is 0 Å². The van der Waals surface area contributed by atoms with Crippen LogP contribution in [0.3, 0.4) is 0 Å². The van der Waals surface area contributed by atoms with Crippen LogP contribution in [0.5, 0.6) is 0 Å². The van der Waals surface area contributed by atoms with Crippen molar-refractivity contribution in [2.24, 2.45) is 0 Å². The minimum absolute atomic E-state index is 0.174. The summed E-state index contributed by atoms with van der Waals surface area (Å²) >= 11 is 0. The highest BCUT2D eigenvalue weighted by Gasteiger charge is 2.24. The van der Waals surface area contributed by atoms with Crippen LogP contribution in [0.25, 0.3) is 23.0 Å². The fraction of sp³-hybridized carbons (Fsp3) is 0.190. The van der Waals surface area contributed by atoms with Crippen molar-refractivity contribution in [3.05, 3.63) is 77.2 Å². The van der Waals surface area contributed by atoms with Gasteiger partial charge in [0.05, 0.1) is 18.8 Å². The van der Waals surface area contributed by atoms with Gasteiger partial charge in [-0.1, -0.05) is 47.1 Å². The van der Waals surface area contributed by atoms with E-state index in [0.717, 1.165) is 16.8 Å². The van der Waals surface area contributed by atoms with Gasteiger partial charge in [0.15, 0.2) is 5.69 Å². The van der Waals surface area contributed by atoms with Gasteiger partial charge < -0.3 is 9.26 Å². The predicted molar refractivity (Wildman–Crippen MR) is 99.6 cm³/mol. The number of ether oxygens (including phenoxy) is 1. The van der Waals surface area contributed by atoms with E-state index in [1.165, 1.54) is 17.7 Å². The molecule has 28 heavy (non-hydrogen) atoms. The lowest BCUT2D eigenvalue weighted by Gasteiger charge is -2.24. The van der Waals surface area contributed by atoms with E-state index in [0.29, 0.717) is 30.6 Å². The second kappa shape index (κ2) is 6.69. The lowest BCUT2D eigenvalue weighted by Crippen LogP contribution is -2.21. The summed E-state index contributed by atoms with van der Waals surface area (Å²) in [5, 5.41) is 8.67. The van der Waals surface area contributed by atoms with Crippen molar-refractivity contribution in [1.29, 1.82) is 0 Å². The van der Waals surface area contributed by atoms with Crippen LogP contribution in [-0.4, -0.2) is 19.9 Å². The molecule has 2 aromatic carbocycles. The minimum Gasteiger partial charge on any atom is -0.365 e. The van der Waals surface area contributed by atoms with Gasteiger partial charge >= 0.3 is 0 Å². The summed E-state index contributed by atoms with van der Waals surface area (Å²) in [5.74, 6) is 0.639. The van der Waals surface area contributed by atoms with Crippen molar-refractivity contribution in [2.45, 2.75) is 26.2 Å². The van der Waals surface area contributed by atoms with Gasteiger partial charge in [-0.2, -0.15) is 10.1 Å². The van der Waals surface area contributed by atoms with E-state index in [9.17, 15) is 4.39 Å². The molecule has 1 unspecified atom stereocenters. The van der Waals surface area contributed by atoms with Crippen molar-refractivity contribution >= 4 is 0 Å². The van der Waals surface area contributed by atoms with Gasteiger partial charge in [0.2, 0.25) is 5.82 Å². The van der Waals surface area contributed by atoms with Crippen LogP contribution >= 0.6 is 0 Å². The molecular formula is C21H17FN4O2. The molecule has 0 spiro atoms. The number of benzene rings is 2. The number of halogens is 1. The third-order valence-electron chi connectivity index (χ3n) is 4.83. The molecule has 0 aliphatic carbocycles. The molecule has 6 nitrogen and oxygen atoms in total. The average Bonchev–Trinajstić information content (AvgIpc) is 3.35. The maximum absolute atomic E-state index is 13.1. The molecule has 0 fully saturated rings. The molecule has 7 heteroatoms. The van der Waals surface area contributed by atoms with Crippen LogP contribution in [0.2, 0.25) is 0 Å². The Hall–Kier alpha value is -3.32. The maximum Gasteiger partial charge on any atom is 0.278 e. The zero-order chi connectivity index (χ0) is 19.1. The zero-order valence-electron chi connectivity index (χ0n) is 15.2. The van der Waals surface area contributed by atoms with E-state index in [4.69, 9.17) is 9.26 Å². The minimum atomic E-state index is -0.262. The molecule has 0 N–H and O–H groups in total. The Morgan fingerprint density at radius 3 is 2.64 bits per heavy atom. The molecule has 0 saturated heterocycles. The summed E-state index contributed by atoms with van der Waals surface area (Å²) in [6.07, 6.45) is -0.174. The van der Waals surface area contributed by atoms with Crippen molar-refractivity contribution in [3.63, 3.8) is 0 Å². The topological polar surface area (TPSA) is 66.0 Å². The molecule has 0 bridgehead atoms. The molecule has 1 atom stereocenters. The van der Waals surface area contributed by atoms with E-state index in [1.807, 2.05) is 41.9 Å². The standard InChI is InChI=1S/C21H17FN4O2/c1-13-2-4-15(5-3-13)20-23-21(28-25-20)18-10-17-12-27-19(11-26(17)24-18)14-6-8-16(22)9-7-14/h2-10,19H,11-12H2,1H3. The van der Waals surface area contributed by atoms with Crippen molar-refractivity contribution < 1.29 is 13.7 Å². The van der Waals surface area contributed by atoms with Crippen LogP contribution in [0, 0.1) is 12.7 Å². The summed E-state index contributed by atoms with van der Waals surface area (Å²) in [4.78, 5) is 4.47. The van der Waals surface area contributed by atoms with Crippen molar-refractivity contribution in [1.82, 2.24) is 19.9 Å². The molecule has 5 rings (SSSR count). The number of fused-ring (bicyclic) bond motifs is 1. The van der Waals surface area contributed by atoms with Gasteiger partial charge in [-0.15, -0.1) is 0 Å². The fourth-order valence-corrected chi connectivity index (χ4v) is 3.26. The first-order valence-electron chi connectivity index (χ1n) is 9.00. The largest absolute Gasteiger partial charge is 0.365 e. The van der Waals surface area contributed by atoms with Gasteiger partial charge in [0.1, 0.15) is 11.9 Å². The third-order valence-corrected chi connectivity index (χ3v) is 4.83. The SMILES string of the molecule is Cc1ccc(-c2noc(-c3cc4n(n3)CC(c3ccc(F)cc3)OC4)n2)cc1. The number of nitrogens with zero attached hydrogens (tertiary/aromatic N) is 4. The predicted octanol–water partition coefficient (Wildman–Crippen LogP) is 4.32. The molecular weight excluding hydrogens is 359 g/mol. The molecule has 0 amide bonds. The van der Waals surface area contributed by atoms with Crippen LogP contribution < -0.4 is 0 Å². The van der Waals surface area contributed by atoms with Gasteiger partial charge in [-0.05, 0) is 30.7 Å². The number of hydrogen-bond donors (Lipinski definition) is 0. The van der Waals surface area contributed by atoms with Gasteiger partial charge in [0, 0.05) is 5.56 Å². The quantitative estimate of drug-likeness (QED) is 0.533. The Morgan fingerprint density at radius 1 is 1.07 bits per heavy atom. The van der Waals surface area contributed by atoms with Gasteiger partial charge in [-0.25, -0.2) is 4.39 Å². The first kappa shape index (κ1) is 16.8. The third kappa shape index (κ3) is 3.10. The van der Waals surface area contributed by atoms with Crippen LogP contribution in [0.15, 0.2) is 59.1 Å². The van der Waals surface area contributed by atoms with E-state index in [2.05, 4.69) is 15.2 Å². The molecule has 4 aromatic rings. The fourth-order valence-electron chi connectivity index (χ4n) is 3.26. The number of rotatable bonds is 3. The van der Waals surface area contributed by atoms with Gasteiger partial charge in [0.25, 0.3) is 5.89 Å². The summed E-state index contributed by atoms with van der Waals surface area (Å²) in [5.41, 5.74) is 4.53. The van der Waals surface area contributed by atoms with Crippen LogP contribution in [0.1, 0.15) is 22.9 Å². The highest BCUT2D eigenvalue weighted by molar-refractivity contribution is 5.58. The van der Waals surface area contributed by atoms with Gasteiger partial charge in [-0.3, -0.25) is 4.68 Å². The number of aryl methyl sites for hydroxylation is 1. The molecule has 0 saturated carbocycles. The lowest BCUT2D eigenvalue weighted by molar-refractivity contribution is -0.00116. The molecule has 3 heterocycles. The van der Waals surface area contributed by atoms with Crippen LogP contribution in [-0.2, 0) is 17.9 Å². The smallest absolute Gasteiger partial charge is 0.278 e. The van der Waals surface area contributed by atoms with Crippen LogP contribution in [0.4, 0.5) is 4.39 Å². The Kier molecular flexibility index (Phi) is 4.02. The number of aromatic nitrogens is 4. The van der Waals surface area contributed by atoms with E-state index < -0.39 is 0 Å². The van der Waals surface area contributed by atoms with E-state index in [-0.39, 0.29) is 11.9 Å². The molecule has 0 radical (unpaired) electrons. The maximum atomic E-state index is 13.1. The molecule has 1 aliphatic heterocycles. The first-order chi connectivity index (χ1) is 13.7. The summed E-state index contributed by atoms with van der Waals surface area (Å²) < 4.78 is 26.4. The monoisotopic (exact) mass is 376 g/mol. The second-order valence-corrected chi connectivity index (χ2v) is 6.84. The highest BCUT2D eigenvalue weighted by atomic mass is 19.1. The Bertz CT molecular complexity index is 1120.